The van der Waals surface area contributed by atoms with Gasteiger partial charge in [0.2, 0.25) is 11.8 Å². The van der Waals surface area contributed by atoms with E-state index >= 15 is 0 Å². The number of carboxylic acids is 1. The Balaban J connectivity index is 1.37. The standard InChI is InChI=1S/C31H40ClN5O5/c1-18-14-26(38)36(15-18)16-24-27-20(11-13-37(24)29(39)21-6-4-5-12-31(21,2)30(40)41)22(32)9-10-25(27)42-17-23-28(19-7-8-19)35(3)34-33-23/h9-10,18-19,21,24H,4-8,11-17H2,1-3H3,(H,40,41)/t18?,21-,24+,31-/m0/s1. The van der Waals surface area contributed by atoms with Crippen molar-refractivity contribution in [2.24, 2.45) is 24.3 Å². The van der Waals surface area contributed by atoms with Crippen molar-refractivity contribution in [3.05, 3.63) is 39.7 Å². The molecular weight excluding hydrogens is 558 g/mol. The van der Waals surface area contributed by atoms with Crippen LogP contribution in [0, 0.1) is 17.3 Å². The Hall–Kier alpha value is -3.14. The van der Waals surface area contributed by atoms with E-state index in [1.54, 1.807) is 6.92 Å². The lowest BCUT2D eigenvalue weighted by molar-refractivity contribution is -0.162. The van der Waals surface area contributed by atoms with E-state index in [2.05, 4.69) is 17.2 Å². The van der Waals surface area contributed by atoms with Gasteiger partial charge in [-0.3, -0.25) is 19.1 Å². The number of amides is 2. The van der Waals surface area contributed by atoms with Gasteiger partial charge in [0.25, 0.3) is 0 Å². The van der Waals surface area contributed by atoms with Crippen LogP contribution in [0.3, 0.4) is 0 Å². The molecule has 1 aromatic carbocycles. The first-order valence-corrected chi connectivity index (χ1v) is 15.6. The maximum atomic E-state index is 14.4. The number of aromatic nitrogens is 3. The highest BCUT2D eigenvalue weighted by molar-refractivity contribution is 6.31. The van der Waals surface area contributed by atoms with Gasteiger partial charge in [0, 0.05) is 49.6 Å². The number of aliphatic carboxylic acids is 1. The average Bonchev–Trinajstić information content (AvgIpc) is 3.65. The van der Waals surface area contributed by atoms with Crippen molar-refractivity contribution < 1.29 is 24.2 Å². The summed E-state index contributed by atoms with van der Waals surface area (Å²) >= 11 is 6.76. The number of halogens is 1. The Labute approximate surface area is 251 Å². The summed E-state index contributed by atoms with van der Waals surface area (Å²) in [6.07, 6.45) is 5.83. The zero-order chi connectivity index (χ0) is 29.8. The van der Waals surface area contributed by atoms with Gasteiger partial charge in [-0.25, -0.2) is 0 Å². The van der Waals surface area contributed by atoms with Crippen LogP contribution in [0.2, 0.25) is 5.02 Å². The minimum atomic E-state index is -1.13. The number of aryl methyl sites for hydroxylation is 1. The quantitative estimate of drug-likeness (QED) is 0.476. The first kappa shape index (κ1) is 29.0. The number of benzene rings is 1. The van der Waals surface area contributed by atoms with Crippen molar-refractivity contribution >= 4 is 29.4 Å². The van der Waals surface area contributed by atoms with Crippen LogP contribution in [0.5, 0.6) is 5.75 Å². The van der Waals surface area contributed by atoms with Crippen LogP contribution >= 0.6 is 11.6 Å². The van der Waals surface area contributed by atoms with Crippen molar-refractivity contribution in [2.75, 3.05) is 19.6 Å². The van der Waals surface area contributed by atoms with Crippen molar-refractivity contribution in [2.45, 2.75) is 83.8 Å². The molecule has 2 aromatic rings. The number of nitrogens with zero attached hydrogens (tertiary/aromatic N) is 5. The van der Waals surface area contributed by atoms with Crippen molar-refractivity contribution in [1.29, 1.82) is 0 Å². The SMILES string of the molecule is CC1CC(=O)N(C[C@@H]2c3c(OCc4nnn(C)c4C4CC4)ccc(Cl)c3CCN2C(=O)[C@@H]2CCCC[C@]2(C)C(=O)O)C1. The Kier molecular flexibility index (Phi) is 7.70. The fourth-order valence-corrected chi connectivity index (χ4v) is 7.67. The molecule has 2 saturated carbocycles. The van der Waals surface area contributed by atoms with E-state index in [0.717, 1.165) is 48.2 Å². The molecule has 4 aliphatic rings. The molecule has 4 atom stereocenters. The second-order valence-electron chi connectivity index (χ2n) is 13.0. The molecule has 2 amide bonds. The van der Waals surface area contributed by atoms with E-state index in [-0.39, 0.29) is 24.3 Å². The number of carbonyl (C=O) groups excluding carboxylic acids is 2. The van der Waals surface area contributed by atoms with Crippen LogP contribution < -0.4 is 4.74 Å². The van der Waals surface area contributed by atoms with Gasteiger partial charge in [0.15, 0.2) is 0 Å². The summed E-state index contributed by atoms with van der Waals surface area (Å²) in [4.78, 5) is 43.5. The molecule has 3 fully saturated rings. The topological polar surface area (TPSA) is 118 Å². The third kappa shape index (κ3) is 5.16. The van der Waals surface area contributed by atoms with Crippen molar-refractivity contribution in [3.63, 3.8) is 0 Å². The highest BCUT2D eigenvalue weighted by atomic mass is 35.5. The largest absolute Gasteiger partial charge is 0.487 e. The Morgan fingerprint density at radius 3 is 2.69 bits per heavy atom. The van der Waals surface area contributed by atoms with E-state index < -0.39 is 23.3 Å². The van der Waals surface area contributed by atoms with Gasteiger partial charge in [0.05, 0.1) is 23.1 Å². The summed E-state index contributed by atoms with van der Waals surface area (Å²) in [5, 5.41) is 19.4. The van der Waals surface area contributed by atoms with Gasteiger partial charge >= 0.3 is 5.97 Å². The molecule has 3 heterocycles. The smallest absolute Gasteiger partial charge is 0.310 e. The predicted octanol–water partition coefficient (Wildman–Crippen LogP) is 4.50. The van der Waals surface area contributed by atoms with Crippen molar-refractivity contribution in [1.82, 2.24) is 24.8 Å². The number of rotatable bonds is 8. The molecular formula is C31H40ClN5O5. The number of carboxylic acid groups (broad SMARTS) is 1. The molecule has 1 N–H and O–H groups in total. The molecule has 2 aliphatic carbocycles. The molecule has 42 heavy (non-hydrogen) atoms. The summed E-state index contributed by atoms with van der Waals surface area (Å²) < 4.78 is 8.28. The second kappa shape index (κ2) is 11.2. The predicted molar refractivity (Wildman–Crippen MR) is 155 cm³/mol. The molecule has 0 radical (unpaired) electrons. The van der Waals surface area contributed by atoms with E-state index in [0.29, 0.717) is 62.0 Å². The molecule has 226 valence electrons. The molecule has 10 nitrogen and oxygen atoms in total. The summed E-state index contributed by atoms with van der Waals surface area (Å²) in [7, 11) is 1.90. The fraction of sp³-hybridized carbons (Fsp3) is 0.645. The van der Waals surface area contributed by atoms with Crippen LogP contribution in [0.25, 0.3) is 0 Å². The number of fused-ring (bicyclic) bond motifs is 1. The molecule has 2 aliphatic heterocycles. The zero-order valence-electron chi connectivity index (χ0n) is 24.6. The highest BCUT2D eigenvalue weighted by Gasteiger charge is 2.50. The third-order valence-corrected chi connectivity index (χ3v) is 10.3. The van der Waals surface area contributed by atoms with Crippen LogP contribution in [-0.4, -0.2) is 67.3 Å². The molecule has 1 unspecified atom stereocenters. The third-order valence-electron chi connectivity index (χ3n) is 9.92. The highest BCUT2D eigenvalue weighted by Crippen LogP contribution is 2.47. The van der Waals surface area contributed by atoms with Gasteiger partial charge in [-0.1, -0.05) is 36.6 Å². The minimum absolute atomic E-state index is 0.0631. The minimum Gasteiger partial charge on any atom is -0.487 e. The summed E-state index contributed by atoms with van der Waals surface area (Å²) in [5.74, 6) is -0.379. The number of ether oxygens (including phenoxy) is 1. The number of likely N-dealkylation sites (tertiary alicyclic amines) is 1. The number of hydrogen-bond donors (Lipinski definition) is 1. The first-order chi connectivity index (χ1) is 20.1. The van der Waals surface area contributed by atoms with E-state index in [4.69, 9.17) is 16.3 Å². The molecule has 0 spiro atoms. The van der Waals surface area contributed by atoms with E-state index in [1.165, 1.54) is 0 Å². The Morgan fingerprint density at radius 2 is 2.00 bits per heavy atom. The molecule has 11 heteroatoms. The lowest BCUT2D eigenvalue weighted by Gasteiger charge is -2.45. The van der Waals surface area contributed by atoms with Crippen LogP contribution in [-0.2, 0) is 34.5 Å². The Bertz CT molecular complexity index is 1410. The number of hydrogen-bond acceptors (Lipinski definition) is 6. The maximum absolute atomic E-state index is 14.4. The van der Waals surface area contributed by atoms with Crippen LogP contribution in [0.15, 0.2) is 12.1 Å². The average molecular weight is 598 g/mol. The first-order valence-electron chi connectivity index (χ1n) is 15.2. The van der Waals surface area contributed by atoms with Crippen molar-refractivity contribution in [3.8, 4) is 5.75 Å². The summed E-state index contributed by atoms with van der Waals surface area (Å²) in [6, 6.07) is 3.16. The monoisotopic (exact) mass is 597 g/mol. The maximum Gasteiger partial charge on any atom is 0.310 e. The van der Waals surface area contributed by atoms with Gasteiger partial charge in [0.1, 0.15) is 18.1 Å². The van der Waals surface area contributed by atoms with E-state index in [1.807, 2.05) is 33.7 Å². The Morgan fingerprint density at radius 1 is 1.21 bits per heavy atom. The fourth-order valence-electron chi connectivity index (χ4n) is 7.41. The molecule has 6 rings (SSSR count). The second-order valence-corrected chi connectivity index (χ2v) is 13.4. The molecule has 1 saturated heterocycles. The van der Waals surface area contributed by atoms with E-state index in [9.17, 15) is 19.5 Å². The van der Waals surface area contributed by atoms with Gasteiger partial charge in [-0.15, -0.1) is 5.10 Å². The van der Waals surface area contributed by atoms with Gasteiger partial charge in [-0.2, -0.15) is 0 Å². The van der Waals surface area contributed by atoms with Gasteiger partial charge < -0.3 is 19.6 Å². The lowest BCUT2D eigenvalue weighted by Crippen LogP contribution is -2.52. The summed E-state index contributed by atoms with van der Waals surface area (Å²) in [6.45, 7) is 5.32. The normalized spacial score (nSPS) is 27.7. The van der Waals surface area contributed by atoms with Crippen LogP contribution in [0.4, 0.5) is 0 Å². The zero-order valence-corrected chi connectivity index (χ0v) is 25.4. The molecule has 0 bridgehead atoms. The summed E-state index contributed by atoms with van der Waals surface area (Å²) in [5.41, 5.74) is 2.48. The van der Waals surface area contributed by atoms with Gasteiger partial charge in [-0.05, 0) is 62.6 Å². The van der Waals surface area contributed by atoms with Crippen LogP contribution in [0.1, 0.15) is 93.3 Å². The number of carbonyl (C=O) groups is 3. The lowest BCUT2D eigenvalue weighted by atomic mass is 9.66. The molecule has 1 aromatic heterocycles.